The van der Waals surface area contributed by atoms with E-state index in [9.17, 15) is 14.0 Å². The zero-order valence-corrected chi connectivity index (χ0v) is 17.0. The van der Waals surface area contributed by atoms with Crippen LogP contribution in [-0.2, 0) is 4.74 Å². The first kappa shape index (κ1) is 19.7. The summed E-state index contributed by atoms with van der Waals surface area (Å²) in [7, 11) is 0. The number of aromatic nitrogens is 2. The molecule has 0 unspecified atom stereocenters. The second kappa shape index (κ2) is 7.81. The van der Waals surface area contributed by atoms with E-state index in [4.69, 9.17) is 9.15 Å². The van der Waals surface area contributed by atoms with Gasteiger partial charge in [0.25, 0.3) is 5.91 Å². The number of aromatic amines is 1. The summed E-state index contributed by atoms with van der Waals surface area (Å²) in [5.41, 5.74) is 2.89. The van der Waals surface area contributed by atoms with Crippen LogP contribution in [0.25, 0.3) is 11.5 Å². The number of ether oxygens (including phenoxy) is 1. The van der Waals surface area contributed by atoms with Gasteiger partial charge in [0.2, 0.25) is 0 Å². The first-order valence-electron chi connectivity index (χ1n) is 10.1. The number of furan rings is 1. The SMILES string of the molecule is CCOC(=O)c1ccc(N2C(=O)c3n[nH]c(-c4ccco4)c3[C@@H]2c2cccc(F)c2)cc1. The van der Waals surface area contributed by atoms with Crippen molar-refractivity contribution in [2.75, 3.05) is 11.5 Å². The largest absolute Gasteiger partial charge is 0.463 e. The van der Waals surface area contributed by atoms with Crippen LogP contribution in [0.3, 0.4) is 0 Å². The van der Waals surface area contributed by atoms with Crippen molar-refractivity contribution in [1.29, 1.82) is 0 Å². The maximum Gasteiger partial charge on any atom is 0.338 e. The molecule has 4 aromatic rings. The highest BCUT2D eigenvalue weighted by molar-refractivity contribution is 6.11. The normalized spacial score (nSPS) is 15.1. The average Bonchev–Trinajstić information content (AvgIpc) is 3.52. The lowest BCUT2D eigenvalue weighted by atomic mass is 9.97. The lowest BCUT2D eigenvalue weighted by Crippen LogP contribution is -2.29. The van der Waals surface area contributed by atoms with Crippen molar-refractivity contribution in [2.45, 2.75) is 13.0 Å². The molecule has 7 nitrogen and oxygen atoms in total. The molecule has 0 radical (unpaired) electrons. The first-order valence-corrected chi connectivity index (χ1v) is 10.1. The minimum Gasteiger partial charge on any atom is -0.463 e. The van der Waals surface area contributed by atoms with Crippen LogP contribution in [0.2, 0.25) is 0 Å². The van der Waals surface area contributed by atoms with Gasteiger partial charge in [0.05, 0.1) is 24.5 Å². The molecule has 1 amide bonds. The molecule has 32 heavy (non-hydrogen) atoms. The third-order valence-electron chi connectivity index (χ3n) is 5.35. The number of esters is 1. The van der Waals surface area contributed by atoms with E-state index in [-0.39, 0.29) is 18.2 Å². The van der Waals surface area contributed by atoms with Gasteiger partial charge < -0.3 is 9.15 Å². The molecule has 2 aromatic heterocycles. The molecule has 0 bridgehead atoms. The molecule has 0 saturated carbocycles. The van der Waals surface area contributed by atoms with Crippen LogP contribution < -0.4 is 4.90 Å². The van der Waals surface area contributed by atoms with Gasteiger partial charge in [0, 0.05) is 11.3 Å². The van der Waals surface area contributed by atoms with Crippen LogP contribution in [0, 0.1) is 5.82 Å². The smallest absolute Gasteiger partial charge is 0.338 e. The number of hydrogen-bond donors (Lipinski definition) is 1. The number of anilines is 1. The Bertz CT molecular complexity index is 1300. The van der Waals surface area contributed by atoms with Crippen molar-refractivity contribution in [2.24, 2.45) is 0 Å². The summed E-state index contributed by atoms with van der Waals surface area (Å²) in [6, 6.07) is 15.5. The minimum absolute atomic E-state index is 0.236. The molecule has 3 heterocycles. The van der Waals surface area contributed by atoms with E-state index in [1.54, 1.807) is 60.4 Å². The Morgan fingerprint density at radius 2 is 2.00 bits per heavy atom. The van der Waals surface area contributed by atoms with Gasteiger partial charge in [-0.25, -0.2) is 9.18 Å². The Balaban J connectivity index is 1.63. The first-order chi connectivity index (χ1) is 15.6. The Hall–Kier alpha value is -4.20. The summed E-state index contributed by atoms with van der Waals surface area (Å²) in [4.78, 5) is 26.9. The maximum absolute atomic E-state index is 14.1. The molecule has 1 aliphatic heterocycles. The molecular formula is C24H18FN3O4. The standard InChI is InChI=1S/C24H18FN3O4/c1-2-31-24(30)14-8-10-17(11-9-14)28-22(15-5-3-6-16(25)13-15)19-20(18-7-4-12-32-18)26-27-21(19)23(28)29/h3-13,22H,2H2,1H3,(H,26,27)/t22-/m0/s1. The van der Waals surface area contributed by atoms with Crippen LogP contribution in [-0.4, -0.2) is 28.7 Å². The highest BCUT2D eigenvalue weighted by Crippen LogP contribution is 2.45. The van der Waals surface area contributed by atoms with E-state index >= 15 is 0 Å². The second-order valence-electron chi connectivity index (χ2n) is 7.24. The monoisotopic (exact) mass is 431 g/mol. The molecule has 1 atom stereocenters. The summed E-state index contributed by atoms with van der Waals surface area (Å²) in [5, 5.41) is 7.12. The number of carbonyl (C=O) groups is 2. The van der Waals surface area contributed by atoms with Gasteiger partial charge in [0.15, 0.2) is 11.5 Å². The summed E-state index contributed by atoms with van der Waals surface area (Å²) in [6.07, 6.45) is 1.53. The van der Waals surface area contributed by atoms with Crippen molar-refractivity contribution in [3.8, 4) is 11.5 Å². The molecule has 2 aromatic carbocycles. The number of hydrogen-bond acceptors (Lipinski definition) is 5. The van der Waals surface area contributed by atoms with Gasteiger partial charge in [-0.2, -0.15) is 5.10 Å². The number of H-pyrrole nitrogens is 1. The fourth-order valence-corrected chi connectivity index (χ4v) is 3.98. The molecule has 160 valence electrons. The van der Waals surface area contributed by atoms with Crippen molar-refractivity contribution < 1.29 is 23.1 Å². The van der Waals surface area contributed by atoms with E-state index in [0.29, 0.717) is 33.8 Å². The van der Waals surface area contributed by atoms with Crippen molar-refractivity contribution >= 4 is 17.6 Å². The molecule has 0 saturated heterocycles. The summed E-state index contributed by atoms with van der Waals surface area (Å²) < 4.78 is 24.7. The highest BCUT2D eigenvalue weighted by Gasteiger charge is 2.44. The van der Waals surface area contributed by atoms with Crippen molar-refractivity contribution in [3.05, 3.63) is 95.1 Å². The zero-order valence-electron chi connectivity index (χ0n) is 17.0. The third-order valence-corrected chi connectivity index (χ3v) is 5.35. The zero-order chi connectivity index (χ0) is 22.2. The Morgan fingerprint density at radius 1 is 1.19 bits per heavy atom. The molecule has 0 spiro atoms. The predicted octanol–water partition coefficient (Wildman–Crippen LogP) is 4.74. The number of carbonyl (C=O) groups excluding carboxylic acids is 2. The fraction of sp³-hybridized carbons (Fsp3) is 0.125. The predicted molar refractivity (Wildman–Crippen MR) is 114 cm³/mol. The minimum atomic E-state index is -0.638. The maximum atomic E-state index is 14.1. The number of benzene rings is 2. The number of amides is 1. The number of halogens is 1. The van der Waals surface area contributed by atoms with E-state index in [2.05, 4.69) is 10.2 Å². The fourth-order valence-electron chi connectivity index (χ4n) is 3.98. The van der Waals surface area contributed by atoms with Gasteiger partial charge >= 0.3 is 5.97 Å². The van der Waals surface area contributed by atoms with Gasteiger partial charge in [-0.15, -0.1) is 0 Å². The van der Waals surface area contributed by atoms with Gasteiger partial charge in [-0.05, 0) is 61.0 Å². The van der Waals surface area contributed by atoms with Crippen LogP contribution in [0.15, 0.2) is 71.3 Å². The molecule has 8 heteroatoms. The van der Waals surface area contributed by atoms with E-state index in [1.807, 2.05) is 0 Å². The van der Waals surface area contributed by atoms with Crippen molar-refractivity contribution in [1.82, 2.24) is 10.2 Å². The van der Waals surface area contributed by atoms with Gasteiger partial charge in [-0.1, -0.05) is 12.1 Å². The number of fused-ring (bicyclic) bond motifs is 1. The Labute approximate surface area is 182 Å². The second-order valence-corrected chi connectivity index (χ2v) is 7.24. The number of nitrogens with zero attached hydrogens (tertiary/aromatic N) is 2. The summed E-state index contributed by atoms with van der Waals surface area (Å²) in [5.74, 6) is -0.676. The molecular weight excluding hydrogens is 413 g/mol. The molecule has 0 fully saturated rings. The quantitative estimate of drug-likeness (QED) is 0.461. The van der Waals surface area contributed by atoms with Crippen LogP contribution in [0.5, 0.6) is 0 Å². The summed E-state index contributed by atoms with van der Waals surface area (Å²) >= 11 is 0. The molecule has 5 rings (SSSR count). The Morgan fingerprint density at radius 3 is 2.69 bits per heavy atom. The van der Waals surface area contributed by atoms with Gasteiger partial charge in [-0.3, -0.25) is 14.8 Å². The number of nitrogens with one attached hydrogen (secondary N) is 1. The van der Waals surface area contributed by atoms with Crippen LogP contribution >= 0.6 is 0 Å². The van der Waals surface area contributed by atoms with E-state index in [1.165, 1.54) is 18.4 Å². The molecule has 1 N–H and O–H groups in total. The van der Waals surface area contributed by atoms with Crippen LogP contribution in [0.1, 0.15) is 44.9 Å². The average molecular weight is 431 g/mol. The molecule has 0 aliphatic carbocycles. The van der Waals surface area contributed by atoms with Crippen LogP contribution in [0.4, 0.5) is 10.1 Å². The van der Waals surface area contributed by atoms with E-state index in [0.717, 1.165) is 0 Å². The lowest BCUT2D eigenvalue weighted by Gasteiger charge is -2.26. The van der Waals surface area contributed by atoms with Gasteiger partial charge in [0.1, 0.15) is 11.5 Å². The Kier molecular flexibility index (Phi) is 4.82. The highest BCUT2D eigenvalue weighted by atomic mass is 19.1. The lowest BCUT2D eigenvalue weighted by molar-refractivity contribution is 0.0526. The number of rotatable bonds is 5. The van der Waals surface area contributed by atoms with E-state index < -0.39 is 17.8 Å². The summed E-state index contributed by atoms with van der Waals surface area (Å²) in [6.45, 7) is 2.00. The van der Waals surface area contributed by atoms with Crippen molar-refractivity contribution in [3.63, 3.8) is 0 Å². The third kappa shape index (κ3) is 3.17. The topological polar surface area (TPSA) is 88.4 Å². The molecule has 1 aliphatic rings.